The van der Waals surface area contributed by atoms with Crippen LogP contribution in [0.1, 0.15) is 17.6 Å². The lowest BCUT2D eigenvalue weighted by atomic mass is 10.2. The Kier molecular flexibility index (Phi) is 4.40. The fourth-order valence-electron chi connectivity index (χ4n) is 2.56. The van der Waals surface area contributed by atoms with Gasteiger partial charge < -0.3 is 13.9 Å². The molecule has 0 amide bonds. The number of nitrogens with one attached hydrogen (secondary N) is 1. The fourth-order valence-corrected chi connectivity index (χ4v) is 3.60. The lowest BCUT2D eigenvalue weighted by molar-refractivity contribution is 0.0718. The van der Waals surface area contributed by atoms with E-state index < -0.39 is 27.7 Å². The van der Waals surface area contributed by atoms with Gasteiger partial charge in [-0.15, -0.1) is 5.10 Å². The number of para-hydroxylation sites is 2. The summed E-state index contributed by atoms with van der Waals surface area (Å²) in [5.74, 6) is 0.258. The zero-order chi connectivity index (χ0) is 18.9. The number of hydrogen-bond donors (Lipinski definition) is 1. The molecule has 1 N–H and O–H groups in total. The molecule has 0 spiro atoms. The van der Waals surface area contributed by atoms with Crippen LogP contribution in [-0.4, -0.2) is 25.2 Å². The van der Waals surface area contributed by atoms with E-state index in [2.05, 4.69) is 14.9 Å². The second-order valence-corrected chi connectivity index (χ2v) is 7.52. The third-order valence-corrected chi connectivity index (χ3v) is 4.91. The Labute approximate surface area is 154 Å². The minimum absolute atomic E-state index is 0.0768. The number of hydrogen-bond acceptors (Lipinski definition) is 7. The number of rotatable bonds is 5. The minimum atomic E-state index is -3.86. The predicted molar refractivity (Wildman–Crippen MR) is 92.3 cm³/mol. The topological polar surface area (TPSA) is 104 Å². The average Bonchev–Trinajstić information content (AvgIpc) is 3.08. The molecule has 3 aromatic rings. The molecule has 8 nitrogen and oxygen atoms in total. The zero-order valence-corrected chi connectivity index (χ0v) is 14.6. The molecule has 1 atom stereocenters. The molecule has 0 aliphatic carbocycles. The fraction of sp³-hybridized carbons (Fsp3) is 0.176. The Bertz CT molecular complexity index is 1070. The summed E-state index contributed by atoms with van der Waals surface area (Å²) in [6, 6.07) is 12.1. The van der Waals surface area contributed by atoms with Gasteiger partial charge in [0.1, 0.15) is 12.4 Å². The first-order chi connectivity index (χ1) is 13.0. The molecule has 1 aromatic heterocycles. The molecule has 0 saturated carbocycles. The number of ether oxygens (including phenoxy) is 2. The number of halogens is 1. The summed E-state index contributed by atoms with van der Waals surface area (Å²) in [5, 5.41) is 7.48. The monoisotopic (exact) mass is 391 g/mol. The quantitative estimate of drug-likeness (QED) is 0.713. The van der Waals surface area contributed by atoms with Crippen molar-refractivity contribution in [3.8, 4) is 11.5 Å². The van der Waals surface area contributed by atoms with E-state index in [9.17, 15) is 12.8 Å². The third-order valence-electron chi connectivity index (χ3n) is 3.71. The molecule has 2 aromatic carbocycles. The van der Waals surface area contributed by atoms with Crippen LogP contribution in [0.4, 0.5) is 10.4 Å². The van der Waals surface area contributed by atoms with E-state index in [0.29, 0.717) is 17.1 Å². The van der Waals surface area contributed by atoms with Crippen LogP contribution in [0.15, 0.2) is 52.9 Å². The van der Waals surface area contributed by atoms with Crippen molar-refractivity contribution < 1.29 is 26.7 Å². The molecular weight excluding hydrogens is 377 g/mol. The van der Waals surface area contributed by atoms with Crippen LogP contribution in [0, 0.1) is 5.82 Å². The lowest BCUT2D eigenvalue weighted by Crippen LogP contribution is -2.21. The lowest BCUT2D eigenvalue weighted by Gasteiger charge is -2.23. The summed E-state index contributed by atoms with van der Waals surface area (Å²) in [5.41, 5.74) is 0.294. The second kappa shape index (κ2) is 6.88. The van der Waals surface area contributed by atoms with Crippen molar-refractivity contribution in [2.75, 3.05) is 11.3 Å². The molecule has 2 heterocycles. The van der Waals surface area contributed by atoms with Gasteiger partial charge in [-0.05, 0) is 29.8 Å². The number of anilines is 1. The summed E-state index contributed by atoms with van der Waals surface area (Å²) in [6.45, 7) is 0.148. The van der Waals surface area contributed by atoms with Gasteiger partial charge in [0.2, 0.25) is 16.1 Å². The molecular formula is C17H14FN3O5S. The summed E-state index contributed by atoms with van der Waals surface area (Å²) < 4.78 is 56.4. The molecule has 0 fully saturated rings. The van der Waals surface area contributed by atoms with Gasteiger partial charge in [-0.1, -0.05) is 29.4 Å². The summed E-state index contributed by atoms with van der Waals surface area (Å²) in [7, 11) is -3.86. The van der Waals surface area contributed by atoms with Crippen molar-refractivity contribution in [2.45, 2.75) is 11.9 Å². The van der Waals surface area contributed by atoms with E-state index in [-0.39, 0.29) is 18.5 Å². The highest BCUT2D eigenvalue weighted by Crippen LogP contribution is 2.35. The van der Waals surface area contributed by atoms with Crippen molar-refractivity contribution in [3.05, 3.63) is 65.8 Å². The Balaban J connectivity index is 1.45. The van der Waals surface area contributed by atoms with Crippen LogP contribution in [0.5, 0.6) is 11.5 Å². The molecule has 0 bridgehead atoms. The van der Waals surface area contributed by atoms with Gasteiger partial charge in [0.25, 0.3) is 5.89 Å². The molecule has 4 rings (SSSR count). The molecule has 0 radical (unpaired) electrons. The van der Waals surface area contributed by atoms with Gasteiger partial charge in [0.05, 0.1) is 5.75 Å². The number of aromatic nitrogens is 2. The van der Waals surface area contributed by atoms with E-state index in [4.69, 9.17) is 13.9 Å². The van der Waals surface area contributed by atoms with Crippen LogP contribution < -0.4 is 14.2 Å². The average molecular weight is 391 g/mol. The predicted octanol–water partition coefficient (Wildman–Crippen LogP) is 2.66. The van der Waals surface area contributed by atoms with Crippen LogP contribution in [0.3, 0.4) is 0 Å². The third kappa shape index (κ3) is 4.00. The first-order valence-electron chi connectivity index (χ1n) is 7.95. The largest absolute Gasteiger partial charge is 0.485 e. The molecule has 1 aliphatic heterocycles. The molecule has 140 valence electrons. The van der Waals surface area contributed by atoms with Crippen LogP contribution in [0.25, 0.3) is 0 Å². The van der Waals surface area contributed by atoms with E-state index in [1.165, 1.54) is 18.2 Å². The van der Waals surface area contributed by atoms with Crippen molar-refractivity contribution >= 4 is 16.0 Å². The number of fused-ring (bicyclic) bond motifs is 1. The maximum absolute atomic E-state index is 13.2. The smallest absolute Gasteiger partial charge is 0.329 e. The highest BCUT2D eigenvalue weighted by Gasteiger charge is 2.28. The van der Waals surface area contributed by atoms with Crippen molar-refractivity contribution in [2.24, 2.45) is 0 Å². The summed E-state index contributed by atoms with van der Waals surface area (Å²) in [4.78, 5) is 0. The minimum Gasteiger partial charge on any atom is -0.485 e. The Morgan fingerprint density at radius 3 is 2.74 bits per heavy atom. The van der Waals surface area contributed by atoms with Gasteiger partial charge in [-0.25, -0.2) is 17.5 Å². The van der Waals surface area contributed by atoms with Crippen molar-refractivity contribution in [3.63, 3.8) is 0 Å². The van der Waals surface area contributed by atoms with Gasteiger partial charge >= 0.3 is 6.01 Å². The number of nitrogens with zero attached hydrogens (tertiary/aromatic N) is 2. The normalized spacial score (nSPS) is 16.1. The van der Waals surface area contributed by atoms with E-state index in [1.54, 1.807) is 18.2 Å². The van der Waals surface area contributed by atoms with Crippen LogP contribution in [0.2, 0.25) is 0 Å². The molecule has 1 unspecified atom stereocenters. The van der Waals surface area contributed by atoms with Gasteiger partial charge in [-0.3, -0.25) is 0 Å². The highest BCUT2D eigenvalue weighted by atomic mass is 32.2. The van der Waals surface area contributed by atoms with Crippen LogP contribution in [-0.2, 0) is 15.8 Å². The maximum Gasteiger partial charge on any atom is 0.329 e. The number of sulfonamides is 1. The Morgan fingerprint density at radius 2 is 1.93 bits per heavy atom. The highest BCUT2D eigenvalue weighted by molar-refractivity contribution is 7.91. The van der Waals surface area contributed by atoms with Crippen LogP contribution >= 0.6 is 0 Å². The van der Waals surface area contributed by atoms with E-state index in [1.807, 2.05) is 6.07 Å². The molecule has 0 saturated heterocycles. The molecule has 27 heavy (non-hydrogen) atoms. The maximum atomic E-state index is 13.2. The first kappa shape index (κ1) is 17.3. The standard InChI is InChI=1S/C17H14FN3O5S/c18-12-5-3-4-11(8-12)10-27(22,23)21-17-20-19-16(26-17)15-9-24-13-6-1-2-7-14(13)25-15/h1-8,15H,9-10H2,(H,20,21). The SMILES string of the molecule is O=S(=O)(Cc1cccc(F)c1)Nc1nnc(C2COc3ccccc3O2)o1. The number of benzene rings is 2. The molecule has 10 heteroatoms. The summed E-state index contributed by atoms with van der Waals surface area (Å²) in [6.07, 6.45) is -0.658. The van der Waals surface area contributed by atoms with Gasteiger partial charge in [0, 0.05) is 0 Å². The van der Waals surface area contributed by atoms with Crippen molar-refractivity contribution in [1.82, 2.24) is 10.2 Å². The first-order valence-corrected chi connectivity index (χ1v) is 9.60. The van der Waals surface area contributed by atoms with Gasteiger partial charge in [-0.2, -0.15) is 0 Å². The van der Waals surface area contributed by atoms with Gasteiger partial charge in [0.15, 0.2) is 11.5 Å². The summed E-state index contributed by atoms with van der Waals surface area (Å²) >= 11 is 0. The second-order valence-electron chi connectivity index (χ2n) is 5.80. The Morgan fingerprint density at radius 1 is 1.11 bits per heavy atom. The van der Waals surface area contributed by atoms with E-state index >= 15 is 0 Å². The zero-order valence-electron chi connectivity index (χ0n) is 13.8. The molecule has 1 aliphatic rings. The Hall–Kier alpha value is -3.14. The van der Waals surface area contributed by atoms with E-state index in [0.717, 1.165) is 6.07 Å². The van der Waals surface area contributed by atoms with Crippen molar-refractivity contribution in [1.29, 1.82) is 0 Å².